The highest BCUT2D eigenvalue weighted by molar-refractivity contribution is 7.89. The molecule has 0 aliphatic carbocycles. The molecule has 0 saturated carbocycles. The third-order valence-corrected chi connectivity index (χ3v) is 7.49. The number of aromatic nitrogens is 1. The van der Waals surface area contributed by atoms with Gasteiger partial charge < -0.3 is 9.64 Å². The van der Waals surface area contributed by atoms with Crippen molar-refractivity contribution in [3.8, 4) is 5.75 Å². The fraction of sp³-hybridized carbons (Fsp3) is 0.348. The first-order valence-electron chi connectivity index (χ1n) is 10.3. The highest BCUT2D eigenvalue weighted by Gasteiger charge is 2.33. The Morgan fingerprint density at radius 2 is 1.87 bits per heavy atom. The first kappa shape index (κ1) is 20.6. The van der Waals surface area contributed by atoms with Crippen molar-refractivity contribution in [2.45, 2.75) is 31.7 Å². The smallest absolute Gasteiger partial charge is 0.243 e. The summed E-state index contributed by atoms with van der Waals surface area (Å²) in [6, 6.07) is 15.3. The molecule has 1 unspecified atom stereocenters. The highest BCUT2D eigenvalue weighted by Crippen LogP contribution is 2.32. The number of pyridine rings is 1. The molecule has 0 radical (unpaired) electrons. The Hall–Kier alpha value is -2.64. The van der Waals surface area contributed by atoms with Crippen molar-refractivity contribution < 1.29 is 13.2 Å². The molecule has 0 bridgehead atoms. The molecule has 158 valence electrons. The van der Waals surface area contributed by atoms with Gasteiger partial charge in [0.05, 0.1) is 11.5 Å². The molecule has 3 aromatic rings. The molecule has 0 spiro atoms. The number of fused-ring (bicyclic) bond motifs is 1. The van der Waals surface area contributed by atoms with Crippen LogP contribution in [-0.4, -0.2) is 50.0 Å². The summed E-state index contributed by atoms with van der Waals surface area (Å²) in [5, 5.41) is 0.595. The van der Waals surface area contributed by atoms with E-state index < -0.39 is 10.0 Å². The van der Waals surface area contributed by atoms with Crippen LogP contribution in [0.3, 0.4) is 0 Å². The number of aryl methyl sites for hydroxylation is 1. The molecule has 0 N–H and O–H groups in total. The number of nitrogens with zero attached hydrogens (tertiary/aromatic N) is 3. The van der Waals surface area contributed by atoms with E-state index in [4.69, 9.17) is 4.74 Å². The molecular weight excluding hydrogens is 398 g/mol. The fourth-order valence-corrected chi connectivity index (χ4v) is 5.71. The summed E-state index contributed by atoms with van der Waals surface area (Å²) in [7, 11) is -3.65. The van der Waals surface area contributed by atoms with Crippen LogP contribution >= 0.6 is 0 Å². The predicted molar refractivity (Wildman–Crippen MR) is 120 cm³/mol. The number of piperazine rings is 1. The van der Waals surface area contributed by atoms with Gasteiger partial charge in [0, 0.05) is 42.9 Å². The van der Waals surface area contributed by atoms with Gasteiger partial charge in [-0.15, -0.1) is 0 Å². The summed E-state index contributed by atoms with van der Waals surface area (Å²) in [4.78, 5) is 6.93. The van der Waals surface area contributed by atoms with E-state index in [1.807, 2.05) is 6.92 Å². The summed E-state index contributed by atoms with van der Waals surface area (Å²) in [5.41, 5.74) is 2.91. The Morgan fingerprint density at radius 1 is 1.10 bits per heavy atom. The van der Waals surface area contributed by atoms with Crippen LogP contribution in [-0.2, 0) is 10.0 Å². The zero-order valence-electron chi connectivity index (χ0n) is 17.6. The second kappa shape index (κ2) is 8.24. The minimum absolute atomic E-state index is 0.0725. The van der Waals surface area contributed by atoms with Crippen molar-refractivity contribution in [2.75, 3.05) is 31.1 Å². The maximum Gasteiger partial charge on any atom is 0.243 e. The van der Waals surface area contributed by atoms with Crippen LogP contribution < -0.4 is 9.64 Å². The topological polar surface area (TPSA) is 62.7 Å². The van der Waals surface area contributed by atoms with Crippen LogP contribution in [0, 0.1) is 6.92 Å². The molecule has 6 nitrogen and oxygen atoms in total. The number of hydrogen-bond acceptors (Lipinski definition) is 5. The van der Waals surface area contributed by atoms with E-state index in [2.05, 4.69) is 48.0 Å². The molecule has 4 rings (SSSR count). The maximum absolute atomic E-state index is 13.5. The van der Waals surface area contributed by atoms with Gasteiger partial charge in [0.1, 0.15) is 11.3 Å². The van der Waals surface area contributed by atoms with E-state index in [-0.39, 0.29) is 10.9 Å². The first-order chi connectivity index (χ1) is 14.4. The van der Waals surface area contributed by atoms with E-state index >= 15 is 0 Å². The molecule has 1 aliphatic heterocycles. The summed E-state index contributed by atoms with van der Waals surface area (Å²) in [6.45, 7) is 8.05. The van der Waals surface area contributed by atoms with Crippen molar-refractivity contribution in [1.29, 1.82) is 0 Å². The number of ether oxygens (including phenoxy) is 1. The number of sulfonamides is 1. The zero-order chi connectivity index (χ0) is 21.3. The van der Waals surface area contributed by atoms with E-state index in [9.17, 15) is 8.42 Å². The SMILES string of the molecule is CCOc1ccc(S(=O)(=O)N2CCN(c3ccc(C)cc3)C(C)C2)c2cccnc12. The summed E-state index contributed by atoms with van der Waals surface area (Å²) < 4.78 is 34.3. The van der Waals surface area contributed by atoms with Crippen LogP contribution in [0.5, 0.6) is 5.75 Å². The molecule has 1 aliphatic rings. The standard InChI is InChI=1S/C23H27N3O3S/c1-4-29-21-11-12-22(20-6-5-13-24-23(20)21)30(27,28)25-14-15-26(18(3)16-25)19-9-7-17(2)8-10-19/h5-13,18H,4,14-16H2,1-3H3. The Balaban J connectivity index is 1.64. The van der Waals surface area contributed by atoms with Gasteiger partial charge >= 0.3 is 0 Å². The van der Waals surface area contributed by atoms with Crippen molar-refractivity contribution in [2.24, 2.45) is 0 Å². The third-order valence-electron chi connectivity index (χ3n) is 5.57. The third kappa shape index (κ3) is 3.75. The molecule has 7 heteroatoms. The van der Waals surface area contributed by atoms with Crippen molar-refractivity contribution in [3.05, 3.63) is 60.3 Å². The van der Waals surface area contributed by atoms with Gasteiger partial charge in [0.15, 0.2) is 0 Å². The van der Waals surface area contributed by atoms with Crippen molar-refractivity contribution >= 4 is 26.6 Å². The average Bonchev–Trinajstić information content (AvgIpc) is 2.75. The lowest BCUT2D eigenvalue weighted by molar-refractivity contribution is 0.341. The summed E-state index contributed by atoms with van der Waals surface area (Å²) >= 11 is 0. The van der Waals surface area contributed by atoms with E-state index in [1.54, 1.807) is 34.8 Å². The first-order valence-corrected chi connectivity index (χ1v) is 11.7. The quantitative estimate of drug-likeness (QED) is 0.622. The number of anilines is 1. The monoisotopic (exact) mass is 425 g/mol. The Kier molecular flexibility index (Phi) is 5.66. The Labute approximate surface area is 178 Å². The molecular formula is C23H27N3O3S. The Bertz CT molecular complexity index is 1150. The number of benzene rings is 2. The van der Waals surface area contributed by atoms with E-state index in [0.717, 1.165) is 5.69 Å². The van der Waals surface area contributed by atoms with Gasteiger partial charge in [-0.3, -0.25) is 4.98 Å². The van der Waals surface area contributed by atoms with E-state index in [0.29, 0.717) is 42.9 Å². The zero-order valence-corrected chi connectivity index (χ0v) is 18.4. The van der Waals surface area contributed by atoms with Gasteiger partial charge in [-0.05, 0) is 57.2 Å². The number of rotatable bonds is 5. The lowest BCUT2D eigenvalue weighted by Gasteiger charge is -2.40. The van der Waals surface area contributed by atoms with Gasteiger partial charge in [-0.2, -0.15) is 4.31 Å². The minimum atomic E-state index is -3.65. The molecule has 1 aromatic heterocycles. The molecule has 1 atom stereocenters. The Morgan fingerprint density at radius 3 is 2.57 bits per heavy atom. The lowest BCUT2D eigenvalue weighted by atomic mass is 10.1. The molecule has 1 fully saturated rings. The van der Waals surface area contributed by atoms with Gasteiger partial charge in [-0.25, -0.2) is 8.42 Å². The maximum atomic E-state index is 13.5. The van der Waals surface area contributed by atoms with Crippen LogP contribution in [0.2, 0.25) is 0 Å². The average molecular weight is 426 g/mol. The predicted octanol–water partition coefficient (Wildman–Crippen LogP) is 3.84. The van der Waals surface area contributed by atoms with Gasteiger partial charge in [0.25, 0.3) is 0 Å². The van der Waals surface area contributed by atoms with Crippen LogP contribution in [0.25, 0.3) is 10.9 Å². The van der Waals surface area contributed by atoms with Gasteiger partial charge in [-0.1, -0.05) is 17.7 Å². The fourth-order valence-electron chi connectivity index (χ4n) is 4.02. The van der Waals surface area contributed by atoms with Crippen LogP contribution in [0.1, 0.15) is 19.4 Å². The van der Waals surface area contributed by atoms with E-state index in [1.165, 1.54) is 5.56 Å². The molecule has 2 heterocycles. The normalized spacial score (nSPS) is 18.0. The largest absolute Gasteiger partial charge is 0.492 e. The van der Waals surface area contributed by atoms with Crippen molar-refractivity contribution in [1.82, 2.24) is 9.29 Å². The molecule has 2 aromatic carbocycles. The number of hydrogen-bond donors (Lipinski definition) is 0. The summed E-state index contributed by atoms with van der Waals surface area (Å²) in [5.74, 6) is 0.601. The van der Waals surface area contributed by atoms with Crippen LogP contribution in [0.4, 0.5) is 5.69 Å². The van der Waals surface area contributed by atoms with Crippen molar-refractivity contribution in [3.63, 3.8) is 0 Å². The molecule has 1 saturated heterocycles. The van der Waals surface area contributed by atoms with Gasteiger partial charge in [0.2, 0.25) is 10.0 Å². The lowest BCUT2D eigenvalue weighted by Crippen LogP contribution is -2.53. The second-order valence-corrected chi connectivity index (χ2v) is 9.54. The molecule has 30 heavy (non-hydrogen) atoms. The second-order valence-electron chi connectivity index (χ2n) is 7.64. The van der Waals surface area contributed by atoms with Crippen LogP contribution in [0.15, 0.2) is 59.6 Å². The minimum Gasteiger partial charge on any atom is -0.492 e. The molecule has 0 amide bonds. The summed E-state index contributed by atoms with van der Waals surface area (Å²) in [6.07, 6.45) is 1.66. The highest BCUT2D eigenvalue weighted by atomic mass is 32.2.